The molecule has 156 valence electrons. The van der Waals surface area contributed by atoms with Gasteiger partial charge in [0, 0.05) is 32.5 Å². The van der Waals surface area contributed by atoms with Crippen molar-refractivity contribution in [2.24, 2.45) is 11.3 Å². The van der Waals surface area contributed by atoms with Gasteiger partial charge in [-0.25, -0.2) is 0 Å². The Morgan fingerprint density at radius 3 is 2.61 bits per heavy atom. The molecule has 2 N–H and O–H groups in total. The third-order valence-corrected chi connectivity index (χ3v) is 6.09. The van der Waals surface area contributed by atoms with E-state index in [9.17, 15) is 9.59 Å². The number of carbonyl (C=O) groups is 2. The molecule has 2 atom stereocenters. The first-order valence-electron chi connectivity index (χ1n) is 9.84. The van der Waals surface area contributed by atoms with Gasteiger partial charge in [0.15, 0.2) is 0 Å². The zero-order chi connectivity index (χ0) is 19.3. The van der Waals surface area contributed by atoms with E-state index in [-0.39, 0.29) is 41.6 Å². The van der Waals surface area contributed by atoms with Gasteiger partial charge in [-0.05, 0) is 37.9 Å². The zero-order valence-corrected chi connectivity index (χ0v) is 17.6. The smallest absolute Gasteiger partial charge is 0.225 e. The first kappa shape index (κ1) is 22.7. The second-order valence-corrected chi connectivity index (χ2v) is 7.91. The molecule has 3 rings (SSSR count). The van der Waals surface area contributed by atoms with Crippen LogP contribution in [0.15, 0.2) is 30.3 Å². The maximum absolute atomic E-state index is 13.1. The molecule has 2 fully saturated rings. The third kappa shape index (κ3) is 5.04. The molecule has 0 bridgehead atoms. The summed E-state index contributed by atoms with van der Waals surface area (Å²) in [5.74, 6) is -0.0873. The summed E-state index contributed by atoms with van der Waals surface area (Å²) in [5, 5.41) is 6.57. The van der Waals surface area contributed by atoms with Crippen LogP contribution in [0.4, 0.5) is 0 Å². The van der Waals surface area contributed by atoms with Gasteiger partial charge < -0.3 is 20.3 Å². The van der Waals surface area contributed by atoms with Crippen LogP contribution in [0.1, 0.15) is 37.3 Å². The summed E-state index contributed by atoms with van der Waals surface area (Å²) < 4.78 is 5.45. The average molecular weight is 410 g/mol. The van der Waals surface area contributed by atoms with E-state index in [4.69, 9.17) is 4.74 Å². The number of hydrogen-bond donors (Lipinski definition) is 2. The van der Waals surface area contributed by atoms with E-state index in [0.717, 1.165) is 31.5 Å². The molecule has 1 aromatic rings. The van der Waals surface area contributed by atoms with Crippen molar-refractivity contribution in [2.75, 3.05) is 40.4 Å². The van der Waals surface area contributed by atoms with Crippen molar-refractivity contribution >= 4 is 24.2 Å². The molecule has 0 radical (unpaired) electrons. The minimum absolute atomic E-state index is 0. The lowest BCUT2D eigenvalue weighted by molar-refractivity contribution is -0.142. The van der Waals surface area contributed by atoms with Crippen molar-refractivity contribution in [3.63, 3.8) is 0 Å². The van der Waals surface area contributed by atoms with Crippen molar-refractivity contribution in [1.29, 1.82) is 0 Å². The largest absolute Gasteiger partial charge is 0.384 e. The molecule has 2 saturated heterocycles. The van der Waals surface area contributed by atoms with E-state index in [1.165, 1.54) is 0 Å². The number of amides is 2. The van der Waals surface area contributed by atoms with Crippen LogP contribution in [0.2, 0.25) is 0 Å². The Balaban J connectivity index is 0.00000280. The van der Waals surface area contributed by atoms with Gasteiger partial charge in [0.1, 0.15) is 0 Å². The zero-order valence-electron chi connectivity index (χ0n) is 16.8. The fraction of sp³-hybridized carbons (Fsp3) is 0.619. The van der Waals surface area contributed by atoms with Crippen LogP contribution in [-0.2, 0) is 14.3 Å². The van der Waals surface area contributed by atoms with Gasteiger partial charge in [0.2, 0.25) is 11.8 Å². The number of ether oxygens (including phenoxy) is 1. The van der Waals surface area contributed by atoms with Crippen LogP contribution in [0, 0.1) is 11.3 Å². The lowest BCUT2D eigenvalue weighted by atomic mass is 9.79. The maximum atomic E-state index is 13.1. The lowest BCUT2D eigenvalue weighted by Gasteiger charge is -2.40. The van der Waals surface area contributed by atoms with Gasteiger partial charge in [-0.3, -0.25) is 9.59 Å². The van der Waals surface area contributed by atoms with Crippen molar-refractivity contribution in [3.05, 3.63) is 35.9 Å². The van der Waals surface area contributed by atoms with E-state index in [1.807, 2.05) is 30.3 Å². The predicted octanol–water partition coefficient (Wildman–Crippen LogP) is 2.15. The van der Waals surface area contributed by atoms with Crippen molar-refractivity contribution in [3.8, 4) is 0 Å². The standard InChI is InChI=1S/C21H31N3O3.ClH/c1-24-18(25)9-8-17(19(24)16-6-4-3-5-7-16)20(26)23-14-21(15-27-2)10-12-22-13-11-21;/h3-7,17,19,22H,8-15H2,1-2H3,(H,23,26);1H. The Morgan fingerprint density at radius 1 is 1.29 bits per heavy atom. The number of nitrogens with zero attached hydrogens (tertiary/aromatic N) is 1. The Labute approximate surface area is 173 Å². The number of piperidine rings is 2. The van der Waals surface area contributed by atoms with Crippen LogP contribution in [0.25, 0.3) is 0 Å². The number of likely N-dealkylation sites (tertiary alicyclic amines) is 1. The van der Waals surface area contributed by atoms with Gasteiger partial charge in [0.05, 0.1) is 18.6 Å². The monoisotopic (exact) mass is 409 g/mol. The fourth-order valence-corrected chi connectivity index (χ4v) is 4.46. The van der Waals surface area contributed by atoms with Gasteiger partial charge in [-0.1, -0.05) is 30.3 Å². The average Bonchev–Trinajstić information content (AvgIpc) is 2.70. The van der Waals surface area contributed by atoms with Crippen LogP contribution in [0.5, 0.6) is 0 Å². The minimum Gasteiger partial charge on any atom is -0.384 e. The van der Waals surface area contributed by atoms with Crippen LogP contribution in [-0.4, -0.2) is 57.1 Å². The molecule has 6 nitrogen and oxygen atoms in total. The van der Waals surface area contributed by atoms with Crippen molar-refractivity contribution in [1.82, 2.24) is 15.5 Å². The molecular weight excluding hydrogens is 378 g/mol. The molecule has 0 aromatic heterocycles. The number of nitrogens with one attached hydrogen (secondary N) is 2. The molecule has 2 aliphatic rings. The number of benzene rings is 1. The van der Waals surface area contributed by atoms with Gasteiger partial charge in [0.25, 0.3) is 0 Å². The molecule has 0 spiro atoms. The molecule has 7 heteroatoms. The second-order valence-electron chi connectivity index (χ2n) is 7.91. The summed E-state index contributed by atoms with van der Waals surface area (Å²) in [7, 11) is 3.53. The van der Waals surface area contributed by atoms with E-state index >= 15 is 0 Å². The highest BCUT2D eigenvalue weighted by Gasteiger charge is 2.40. The molecule has 2 heterocycles. The molecule has 2 amide bonds. The number of rotatable bonds is 6. The Bertz CT molecular complexity index is 644. The van der Waals surface area contributed by atoms with E-state index in [2.05, 4.69) is 10.6 Å². The van der Waals surface area contributed by atoms with Gasteiger partial charge in [-0.15, -0.1) is 12.4 Å². The number of halogens is 1. The molecule has 0 saturated carbocycles. The Morgan fingerprint density at radius 2 is 1.96 bits per heavy atom. The summed E-state index contributed by atoms with van der Waals surface area (Å²) in [4.78, 5) is 27.1. The molecule has 2 aliphatic heterocycles. The maximum Gasteiger partial charge on any atom is 0.225 e. The summed E-state index contributed by atoms with van der Waals surface area (Å²) in [6.45, 7) is 3.18. The van der Waals surface area contributed by atoms with Crippen LogP contribution < -0.4 is 10.6 Å². The summed E-state index contributed by atoms with van der Waals surface area (Å²) in [6, 6.07) is 9.66. The highest BCUT2D eigenvalue weighted by atomic mass is 35.5. The lowest BCUT2D eigenvalue weighted by Crippen LogP contribution is -2.51. The van der Waals surface area contributed by atoms with E-state index < -0.39 is 0 Å². The highest BCUT2D eigenvalue weighted by Crippen LogP contribution is 2.36. The summed E-state index contributed by atoms with van der Waals surface area (Å²) in [5.41, 5.74) is 1.01. The number of carbonyl (C=O) groups excluding carboxylic acids is 2. The number of hydrogen-bond acceptors (Lipinski definition) is 4. The quantitative estimate of drug-likeness (QED) is 0.755. The Kier molecular flexibility index (Phi) is 8.28. The predicted molar refractivity (Wildman–Crippen MR) is 111 cm³/mol. The molecule has 0 aliphatic carbocycles. The van der Waals surface area contributed by atoms with Gasteiger partial charge in [-0.2, -0.15) is 0 Å². The topological polar surface area (TPSA) is 70.7 Å². The van der Waals surface area contributed by atoms with Crippen LogP contribution in [0.3, 0.4) is 0 Å². The van der Waals surface area contributed by atoms with E-state index in [1.54, 1.807) is 19.1 Å². The Hall–Kier alpha value is -1.63. The fourth-order valence-electron chi connectivity index (χ4n) is 4.46. The minimum atomic E-state index is -0.226. The highest BCUT2D eigenvalue weighted by molar-refractivity contribution is 5.85. The first-order valence-corrected chi connectivity index (χ1v) is 9.84. The molecule has 2 unspecified atom stereocenters. The third-order valence-electron chi connectivity index (χ3n) is 6.09. The number of methoxy groups -OCH3 is 1. The van der Waals surface area contributed by atoms with Crippen molar-refractivity contribution < 1.29 is 14.3 Å². The SMILES string of the molecule is COCC1(CNC(=O)C2CCC(=O)N(C)C2c2ccccc2)CCNCC1.Cl. The van der Waals surface area contributed by atoms with E-state index in [0.29, 0.717) is 26.0 Å². The normalized spacial score (nSPS) is 24.4. The van der Waals surface area contributed by atoms with Crippen molar-refractivity contribution in [2.45, 2.75) is 31.7 Å². The summed E-state index contributed by atoms with van der Waals surface area (Å²) >= 11 is 0. The summed E-state index contributed by atoms with van der Waals surface area (Å²) in [6.07, 6.45) is 3.00. The van der Waals surface area contributed by atoms with Gasteiger partial charge >= 0.3 is 0 Å². The first-order chi connectivity index (χ1) is 13.1. The molecular formula is C21H32ClN3O3. The molecule has 1 aromatic carbocycles. The second kappa shape index (κ2) is 10.2. The van der Waals surface area contributed by atoms with Crippen LogP contribution >= 0.6 is 12.4 Å². The molecule has 28 heavy (non-hydrogen) atoms.